The number of fused-ring (bicyclic) bond motifs is 1. The average Bonchev–Trinajstić information content (AvgIpc) is 2.84. The highest BCUT2D eigenvalue weighted by Gasteiger charge is 2.28. The second-order valence-electron chi connectivity index (χ2n) is 7.71. The molecular formula is C25H25N3O4S2. The standard InChI is InChI=1S/C25H25N3O4S2/c1-2-32-24(29)19-9-11-20(12-10-19)26-25(33)27-21-13-15-22(16-14-21)34(30,31)28-17-5-7-18-6-3-4-8-23(18)28/h3-4,6,8-16H,2,5,7,17H2,1H3,(H2,26,27,33). The second kappa shape index (κ2) is 10.2. The molecule has 2 N–H and O–H groups in total. The smallest absolute Gasteiger partial charge is 0.338 e. The highest BCUT2D eigenvalue weighted by Crippen LogP contribution is 2.32. The molecule has 0 aromatic heterocycles. The molecule has 0 fully saturated rings. The van der Waals surface area contributed by atoms with Gasteiger partial charge >= 0.3 is 5.97 Å². The van der Waals surface area contributed by atoms with Gasteiger partial charge in [0.05, 0.1) is 22.8 Å². The fourth-order valence-corrected chi connectivity index (χ4v) is 5.56. The number of para-hydroxylation sites is 1. The van der Waals surface area contributed by atoms with E-state index in [-0.39, 0.29) is 10.9 Å². The molecule has 7 nitrogen and oxygen atoms in total. The van der Waals surface area contributed by atoms with Gasteiger partial charge < -0.3 is 15.4 Å². The third-order valence-electron chi connectivity index (χ3n) is 5.42. The van der Waals surface area contributed by atoms with Crippen molar-refractivity contribution in [2.45, 2.75) is 24.7 Å². The molecule has 3 aromatic carbocycles. The molecule has 1 aliphatic heterocycles. The van der Waals surface area contributed by atoms with Crippen molar-refractivity contribution >= 4 is 50.4 Å². The van der Waals surface area contributed by atoms with Gasteiger partial charge in [-0.15, -0.1) is 0 Å². The molecule has 0 aliphatic carbocycles. The third-order valence-corrected chi connectivity index (χ3v) is 7.45. The number of ether oxygens (including phenoxy) is 1. The molecule has 0 atom stereocenters. The van der Waals surface area contributed by atoms with Gasteiger partial charge in [-0.25, -0.2) is 13.2 Å². The fourth-order valence-electron chi connectivity index (χ4n) is 3.78. The molecule has 0 unspecified atom stereocenters. The summed E-state index contributed by atoms with van der Waals surface area (Å²) in [7, 11) is -3.67. The molecule has 1 aliphatic rings. The number of benzene rings is 3. The van der Waals surface area contributed by atoms with E-state index < -0.39 is 10.0 Å². The molecule has 4 rings (SSSR count). The van der Waals surface area contributed by atoms with Gasteiger partial charge in [-0.1, -0.05) is 18.2 Å². The summed E-state index contributed by atoms with van der Waals surface area (Å²) in [4.78, 5) is 12.0. The van der Waals surface area contributed by atoms with Gasteiger partial charge in [0.15, 0.2) is 5.11 Å². The number of nitrogens with zero attached hydrogens (tertiary/aromatic N) is 1. The Morgan fingerprint density at radius 1 is 0.971 bits per heavy atom. The zero-order valence-corrected chi connectivity index (χ0v) is 20.3. The normalized spacial score (nSPS) is 13.0. The topological polar surface area (TPSA) is 87.7 Å². The van der Waals surface area contributed by atoms with Crippen LogP contribution in [0.15, 0.2) is 77.7 Å². The molecule has 0 saturated carbocycles. The molecule has 34 heavy (non-hydrogen) atoms. The van der Waals surface area contributed by atoms with E-state index in [1.165, 1.54) is 4.31 Å². The van der Waals surface area contributed by atoms with E-state index in [4.69, 9.17) is 17.0 Å². The van der Waals surface area contributed by atoms with Crippen LogP contribution in [0.3, 0.4) is 0 Å². The number of nitrogens with one attached hydrogen (secondary N) is 2. The monoisotopic (exact) mass is 495 g/mol. The first-order chi connectivity index (χ1) is 16.4. The highest BCUT2D eigenvalue weighted by atomic mass is 32.2. The van der Waals surface area contributed by atoms with Crippen molar-refractivity contribution in [3.8, 4) is 0 Å². The number of aryl methyl sites for hydroxylation is 1. The summed E-state index contributed by atoms with van der Waals surface area (Å²) in [6, 6.07) is 20.9. The lowest BCUT2D eigenvalue weighted by Crippen LogP contribution is -2.35. The van der Waals surface area contributed by atoms with Crippen LogP contribution < -0.4 is 14.9 Å². The maximum absolute atomic E-state index is 13.3. The van der Waals surface area contributed by atoms with E-state index in [9.17, 15) is 13.2 Å². The van der Waals surface area contributed by atoms with Crippen molar-refractivity contribution in [1.82, 2.24) is 0 Å². The number of sulfonamides is 1. The van der Waals surface area contributed by atoms with Gasteiger partial charge in [-0.2, -0.15) is 0 Å². The van der Waals surface area contributed by atoms with Crippen LogP contribution >= 0.6 is 12.2 Å². The lowest BCUT2D eigenvalue weighted by Gasteiger charge is -2.30. The summed E-state index contributed by atoms with van der Waals surface area (Å²) in [6.07, 6.45) is 1.66. The maximum Gasteiger partial charge on any atom is 0.338 e. The van der Waals surface area contributed by atoms with Crippen LogP contribution in [0.5, 0.6) is 0 Å². The number of thiocarbonyl (C=S) groups is 1. The summed E-state index contributed by atoms with van der Waals surface area (Å²) in [6.45, 7) is 2.53. The number of carbonyl (C=O) groups excluding carboxylic acids is 1. The molecule has 1 heterocycles. The van der Waals surface area contributed by atoms with Crippen LogP contribution in [0.2, 0.25) is 0 Å². The first kappa shape index (κ1) is 23.7. The van der Waals surface area contributed by atoms with Gasteiger partial charge in [0.1, 0.15) is 0 Å². The summed E-state index contributed by atoms with van der Waals surface area (Å²) in [5.41, 5.74) is 3.60. The minimum absolute atomic E-state index is 0.225. The van der Waals surface area contributed by atoms with Crippen molar-refractivity contribution in [3.05, 3.63) is 83.9 Å². The minimum atomic E-state index is -3.67. The quantitative estimate of drug-likeness (QED) is 0.375. The molecule has 0 amide bonds. The number of esters is 1. The summed E-state index contributed by atoms with van der Waals surface area (Å²) < 4.78 is 33.0. The fraction of sp³-hybridized carbons (Fsp3) is 0.200. The van der Waals surface area contributed by atoms with Crippen LogP contribution in [-0.4, -0.2) is 32.7 Å². The molecule has 0 spiro atoms. The Bertz CT molecular complexity index is 1290. The summed E-state index contributed by atoms with van der Waals surface area (Å²) in [5.74, 6) is -0.377. The van der Waals surface area contributed by atoms with E-state index in [2.05, 4.69) is 10.6 Å². The predicted molar refractivity (Wildman–Crippen MR) is 138 cm³/mol. The molecule has 0 radical (unpaired) electrons. The lowest BCUT2D eigenvalue weighted by molar-refractivity contribution is 0.0526. The molecule has 0 saturated heterocycles. The lowest BCUT2D eigenvalue weighted by atomic mass is 10.0. The largest absolute Gasteiger partial charge is 0.462 e. The van der Waals surface area contributed by atoms with Crippen LogP contribution in [0.1, 0.15) is 29.3 Å². The first-order valence-corrected chi connectivity index (χ1v) is 12.8. The van der Waals surface area contributed by atoms with Crippen molar-refractivity contribution in [2.24, 2.45) is 0 Å². The van der Waals surface area contributed by atoms with Crippen molar-refractivity contribution in [3.63, 3.8) is 0 Å². The van der Waals surface area contributed by atoms with E-state index in [0.29, 0.717) is 35.2 Å². The van der Waals surface area contributed by atoms with E-state index >= 15 is 0 Å². The highest BCUT2D eigenvalue weighted by molar-refractivity contribution is 7.92. The van der Waals surface area contributed by atoms with Gasteiger partial charge in [0.25, 0.3) is 10.0 Å². The van der Waals surface area contributed by atoms with Crippen LogP contribution in [0.25, 0.3) is 0 Å². The zero-order valence-electron chi connectivity index (χ0n) is 18.7. The molecule has 176 valence electrons. The zero-order chi connectivity index (χ0) is 24.1. The summed E-state index contributed by atoms with van der Waals surface area (Å²) >= 11 is 5.36. The van der Waals surface area contributed by atoms with Crippen LogP contribution in [-0.2, 0) is 21.2 Å². The minimum Gasteiger partial charge on any atom is -0.462 e. The number of hydrogen-bond donors (Lipinski definition) is 2. The Labute approximate surface area is 204 Å². The van der Waals surface area contributed by atoms with Crippen molar-refractivity contribution in [1.29, 1.82) is 0 Å². The van der Waals surface area contributed by atoms with Crippen LogP contribution in [0.4, 0.5) is 17.1 Å². The van der Waals surface area contributed by atoms with Crippen molar-refractivity contribution in [2.75, 3.05) is 28.1 Å². The Balaban J connectivity index is 1.41. The van der Waals surface area contributed by atoms with Gasteiger partial charge in [-0.3, -0.25) is 4.31 Å². The first-order valence-electron chi connectivity index (χ1n) is 10.9. The summed E-state index contributed by atoms with van der Waals surface area (Å²) in [5, 5.41) is 6.42. The Hall–Kier alpha value is -3.43. The molecule has 0 bridgehead atoms. The second-order valence-corrected chi connectivity index (χ2v) is 9.98. The van der Waals surface area contributed by atoms with Crippen LogP contribution in [0, 0.1) is 0 Å². The average molecular weight is 496 g/mol. The number of hydrogen-bond acceptors (Lipinski definition) is 5. The van der Waals surface area contributed by atoms with E-state index in [1.807, 2.05) is 24.3 Å². The molecular weight excluding hydrogens is 470 g/mol. The van der Waals surface area contributed by atoms with Crippen molar-refractivity contribution < 1.29 is 17.9 Å². The van der Waals surface area contributed by atoms with E-state index in [1.54, 1.807) is 55.5 Å². The Kier molecular flexibility index (Phi) is 7.14. The molecule has 9 heteroatoms. The van der Waals surface area contributed by atoms with Gasteiger partial charge in [0, 0.05) is 17.9 Å². The van der Waals surface area contributed by atoms with E-state index in [0.717, 1.165) is 24.1 Å². The third kappa shape index (κ3) is 5.21. The number of anilines is 3. The number of carbonyl (C=O) groups is 1. The van der Waals surface area contributed by atoms with Gasteiger partial charge in [0.2, 0.25) is 0 Å². The molecule has 3 aromatic rings. The Morgan fingerprint density at radius 2 is 1.59 bits per heavy atom. The number of rotatable bonds is 6. The predicted octanol–water partition coefficient (Wildman–Crippen LogP) is 4.81. The SMILES string of the molecule is CCOC(=O)c1ccc(NC(=S)Nc2ccc(S(=O)(=O)N3CCCc4ccccc43)cc2)cc1. The Morgan fingerprint density at radius 3 is 2.24 bits per heavy atom. The maximum atomic E-state index is 13.3. The van der Waals surface area contributed by atoms with Gasteiger partial charge in [-0.05, 0) is 92.1 Å².